The van der Waals surface area contributed by atoms with Gasteiger partial charge in [-0.1, -0.05) is 63.3 Å². The van der Waals surface area contributed by atoms with Gasteiger partial charge in [0.2, 0.25) is 0 Å². The maximum Gasteiger partial charge on any atom is 0.0980 e. The van der Waals surface area contributed by atoms with Crippen molar-refractivity contribution in [3.8, 4) is 0 Å². The van der Waals surface area contributed by atoms with E-state index < -0.39 is 0 Å². The van der Waals surface area contributed by atoms with Crippen LogP contribution in [-0.2, 0) is 11.2 Å². The number of fused-ring (bicyclic) bond motifs is 1. The number of ether oxygens (including phenoxy) is 1. The Morgan fingerprint density at radius 1 is 1.20 bits per heavy atom. The summed E-state index contributed by atoms with van der Waals surface area (Å²) in [6.45, 7) is 3.12. The third kappa shape index (κ3) is 4.07. The van der Waals surface area contributed by atoms with Crippen LogP contribution in [0.1, 0.15) is 62.7 Å². The van der Waals surface area contributed by atoms with E-state index in [0.29, 0.717) is 6.04 Å². The molecule has 1 N–H and O–H groups in total. The lowest BCUT2D eigenvalue weighted by Crippen LogP contribution is -2.36. The van der Waals surface area contributed by atoms with Gasteiger partial charge in [0, 0.05) is 6.04 Å². The van der Waals surface area contributed by atoms with Crippen molar-refractivity contribution in [1.82, 2.24) is 5.32 Å². The fraction of sp³-hybridized carbons (Fsp3) is 0.667. The second-order valence-corrected chi connectivity index (χ2v) is 5.84. The van der Waals surface area contributed by atoms with Crippen LogP contribution in [0, 0.1) is 0 Å². The molecular weight excluding hydrogens is 246 g/mol. The lowest BCUT2D eigenvalue weighted by molar-refractivity contribution is 0.0145. The molecule has 1 heterocycles. The van der Waals surface area contributed by atoms with Crippen LogP contribution in [0.25, 0.3) is 0 Å². The highest BCUT2D eigenvalue weighted by Crippen LogP contribution is 2.31. The normalized spacial score (nSPS) is 19.6. The molecule has 0 fully saturated rings. The molecule has 1 aliphatic heterocycles. The number of hydrogen-bond donors (Lipinski definition) is 1. The SMILES string of the molecule is CCCCCCCC(NC)C1OCCc2ccccc21. The van der Waals surface area contributed by atoms with Crippen molar-refractivity contribution < 1.29 is 4.74 Å². The van der Waals surface area contributed by atoms with E-state index in [4.69, 9.17) is 4.74 Å². The van der Waals surface area contributed by atoms with E-state index in [1.807, 2.05) is 0 Å². The molecule has 0 saturated carbocycles. The van der Waals surface area contributed by atoms with Crippen molar-refractivity contribution in [3.63, 3.8) is 0 Å². The molecular formula is C18H29NO. The van der Waals surface area contributed by atoms with Crippen LogP contribution >= 0.6 is 0 Å². The summed E-state index contributed by atoms with van der Waals surface area (Å²) in [4.78, 5) is 0. The van der Waals surface area contributed by atoms with Gasteiger partial charge in [0.15, 0.2) is 0 Å². The monoisotopic (exact) mass is 275 g/mol. The van der Waals surface area contributed by atoms with Crippen LogP contribution in [0.15, 0.2) is 24.3 Å². The Morgan fingerprint density at radius 2 is 2.00 bits per heavy atom. The van der Waals surface area contributed by atoms with Gasteiger partial charge < -0.3 is 10.1 Å². The van der Waals surface area contributed by atoms with E-state index in [2.05, 4.69) is 43.6 Å². The second-order valence-electron chi connectivity index (χ2n) is 5.84. The molecule has 0 amide bonds. The smallest absolute Gasteiger partial charge is 0.0980 e. The Kier molecular flexibility index (Phi) is 6.55. The molecule has 2 atom stereocenters. The fourth-order valence-corrected chi connectivity index (χ4v) is 3.17. The van der Waals surface area contributed by atoms with Crippen LogP contribution in [0.5, 0.6) is 0 Å². The number of rotatable bonds is 8. The summed E-state index contributed by atoms with van der Waals surface area (Å²) in [7, 11) is 2.07. The van der Waals surface area contributed by atoms with E-state index in [9.17, 15) is 0 Å². The van der Waals surface area contributed by atoms with Gasteiger partial charge in [-0.3, -0.25) is 0 Å². The van der Waals surface area contributed by atoms with Crippen LogP contribution in [0.4, 0.5) is 0 Å². The molecule has 2 unspecified atom stereocenters. The summed E-state index contributed by atoms with van der Waals surface area (Å²) in [5.74, 6) is 0. The molecule has 1 aromatic carbocycles. The van der Waals surface area contributed by atoms with Gasteiger partial charge in [0.25, 0.3) is 0 Å². The molecule has 0 saturated heterocycles. The zero-order valence-corrected chi connectivity index (χ0v) is 13.0. The second kappa shape index (κ2) is 8.43. The molecule has 112 valence electrons. The predicted molar refractivity (Wildman–Crippen MR) is 85.1 cm³/mol. The van der Waals surface area contributed by atoms with Crippen molar-refractivity contribution in [3.05, 3.63) is 35.4 Å². The number of nitrogens with one attached hydrogen (secondary N) is 1. The zero-order valence-electron chi connectivity index (χ0n) is 13.0. The van der Waals surface area contributed by atoms with E-state index in [0.717, 1.165) is 13.0 Å². The first kappa shape index (κ1) is 15.5. The average molecular weight is 275 g/mol. The quantitative estimate of drug-likeness (QED) is 0.716. The zero-order chi connectivity index (χ0) is 14.2. The van der Waals surface area contributed by atoms with Gasteiger partial charge in [-0.2, -0.15) is 0 Å². The van der Waals surface area contributed by atoms with Crippen LogP contribution < -0.4 is 5.32 Å². The highest BCUT2D eigenvalue weighted by atomic mass is 16.5. The fourth-order valence-electron chi connectivity index (χ4n) is 3.17. The standard InChI is InChI=1S/C18H29NO/c1-3-4-5-6-7-12-17(19-2)18-16-11-9-8-10-15(16)13-14-20-18/h8-11,17-19H,3-7,12-14H2,1-2H3. The number of benzene rings is 1. The van der Waals surface area contributed by atoms with Gasteiger partial charge in [-0.15, -0.1) is 0 Å². The molecule has 2 nitrogen and oxygen atoms in total. The van der Waals surface area contributed by atoms with Gasteiger partial charge >= 0.3 is 0 Å². The highest BCUT2D eigenvalue weighted by Gasteiger charge is 2.27. The molecule has 20 heavy (non-hydrogen) atoms. The van der Waals surface area contributed by atoms with Crippen molar-refractivity contribution in [1.29, 1.82) is 0 Å². The Morgan fingerprint density at radius 3 is 2.80 bits per heavy atom. The summed E-state index contributed by atoms with van der Waals surface area (Å²) in [6.07, 6.45) is 9.19. The minimum atomic E-state index is 0.233. The molecule has 0 bridgehead atoms. The number of likely N-dealkylation sites (N-methyl/N-ethyl adjacent to an activating group) is 1. The van der Waals surface area contributed by atoms with Crippen molar-refractivity contribution >= 4 is 0 Å². The third-order valence-corrected chi connectivity index (χ3v) is 4.39. The molecule has 0 radical (unpaired) electrons. The topological polar surface area (TPSA) is 21.3 Å². The minimum Gasteiger partial charge on any atom is -0.372 e. The average Bonchev–Trinajstić information content (AvgIpc) is 2.51. The van der Waals surface area contributed by atoms with E-state index >= 15 is 0 Å². The van der Waals surface area contributed by atoms with E-state index in [-0.39, 0.29) is 6.10 Å². The first-order valence-corrected chi connectivity index (χ1v) is 8.23. The minimum absolute atomic E-state index is 0.233. The third-order valence-electron chi connectivity index (χ3n) is 4.39. The van der Waals surface area contributed by atoms with Gasteiger partial charge in [0.05, 0.1) is 12.7 Å². The maximum absolute atomic E-state index is 6.07. The lowest BCUT2D eigenvalue weighted by Gasteiger charge is -2.32. The molecule has 0 aromatic heterocycles. The largest absolute Gasteiger partial charge is 0.372 e. The number of hydrogen-bond acceptors (Lipinski definition) is 2. The summed E-state index contributed by atoms with van der Waals surface area (Å²) in [6, 6.07) is 9.20. The van der Waals surface area contributed by atoms with E-state index in [1.54, 1.807) is 0 Å². The first-order chi connectivity index (χ1) is 9.86. The van der Waals surface area contributed by atoms with E-state index in [1.165, 1.54) is 49.7 Å². The highest BCUT2D eigenvalue weighted by molar-refractivity contribution is 5.31. The number of unbranched alkanes of at least 4 members (excludes halogenated alkanes) is 4. The Labute approximate surface area is 123 Å². The van der Waals surface area contributed by atoms with Gasteiger partial charge in [-0.05, 0) is 31.0 Å². The Hall–Kier alpha value is -0.860. The summed E-state index contributed by atoms with van der Waals surface area (Å²) < 4.78 is 6.07. The molecule has 1 aliphatic rings. The summed E-state index contributed by atoms with van der Waals surface area (Å²) >= 11 is 0. The van der Waals surface area contributed by atoms with Crippen LogP contribution in [-0.4, -0.2) is 19.7 Å². The van der Waals surface area contributed by atoms with Crippen LogP contribution in [0.2, 0.25) is 0 Å². The van der Waals surface area contributed by atoms with Crippen molar-refractivity contribution in [2.45, 2.75) is 64.0 Å². The Balaban J connectivity index is 1.91. The first-order valence-electron chi connectivity index (χ1n) is 8.23. The van der Waals surface area contributed by atoms with Gasteiger partial charge in [0.1, 0.15) is 0 Å². The molecule has 2 rings (SSSR count). The molecule has 0 aliphatic carbocycles. The predicted octanol–water partition coefficient (Wildman–Crippen LogP) is 4.25. The van der Waals surface area contributed by atoms with Crippen molar-refractivity contribution in [2.24, 2.45) is 0 Å². The molecule has 2 heteroatoms. The molecule has 1 aromatic rings. The summed E-state index contributed by atoms with van der Waals surface area (Å²) in [5.41, 5.74) is 2.86. The van der Waals surface area contributed by atoms with Crippen molar-refractivity contribution in [2.75, 3.05) is 13.7 Å². The Bertz CT molecular complexity index is 391. The maximum atomic E-state index is 6.07. The summed E-state index contributed by atoms with van der Waals surface area (Å²) in [5, 5.41) is 3.48. The van der Waals surface area contributed by atoms with Crippen LogP contribution in [0.3, 0.4) is 0 Å². The lowest BCUT2D eigenvalue weighted by atomic mass is 9.91. The molecule has 0 spiro atoms. The van der Waals surface area contributed by atoms with Gasteiger partial charge in [-0.25, -0.2) is 0 Å².